The van der Waals surface area contributed by atoms with Gasteiger partial charge in [0.1, 0.15) is 0 Å². The predicted molar refractivity (Wildman–Crippen MR) is 98.8 cm³/mol. The zero-order chi connectivity index (χ0) is 16.0. The van der Waals surface area contributed by atoms with Gasteiger partial charge in [0.25, 0.3) is 0 Å². The van der Waals surface area contributed by atoms with Crippen LogP contribution in [0.4, 0.5) is 0 Å². The van der Waals surface area contributed by atoms with Gasteiger partial charge in [0.2, 0.25) is 0 Å². The van der Waals surface area contributed by atoms with E-state index < -0.39 is 23.2 Å². The molecule has 114 valence electrons. The van der Waals surface area contributed by atoms with E-state index in [1.54, 1.807) is 22.0 Å². The van der Waals surface area contributed by atoms with Crippen molar-refractivity contribution >= 4 is 20.1 Å². The summed E-state index contributed by atoms with van der Waals surface area (Å²) < 4.78 is 1.50. The van der Waals surface area contributed by atoms with Crippen LogP contribution in [0.3, 0.4) is 0 Å². The molecular weight excluding hydrogens is 374 g/mol. The molecule has 0 N–H and O–H groups in total. The molecule has 2 aromatic rings. The maximum absolute atomic E-state index is 2.51. The Balaban J connectivity index is 1.71. The molecule has 2 atom stereocenters. The summed E-state index contributed by atoms with van der Waals surface area (Å²) in [6.07, 6.45) is 4.93. The summed E-state index contributed by atoms with van der Waals surface area (Å²) in [4.78, 5) is 0. The molecular formula is C21H21PZr. The van der Waals surface area contributed by atoms with Gasteiger partial charge in [-0.2, -0.15) is 0 Å². The molecule has 0 aromatic heterocycles. The van der Waals surface area contributed by atoms with Crippen molar-refractivity contribution in [3.63, 3.8) is 0 Å². The fourth-order valence-electron chi connectivity index (χ4n) is 3.74. The molecule has 0 fully saturated rings. The second kappa shape index (κ2) is 6.27. The molecule has 4 rings (SSSR count). The molecule has 0 radical (unpaired) electrons. The Labute approximate surface area is 152 Å². The van der Waals surface area contributed by atoms with Crippen molar-refractivity contribution in [1.82, 2.24) is 0 Å². The van der Waals surface area contributed by atoms with Gasteiger partial charge in [-0.25, -0.2) is 0 Å². The van der Waals surface area contributed by atoms with Crippen LogP contribution in [0.25, 0.3) is 12.2 Å². The molecule has 2 aliphatic rings. The Bertz CT molecular complexity index is 816. The van der Waals surface area contributed by atoms with Gasteiger partial charge < -0.3 is 0 Å². The van der Waals surface area contributed by atoms with E-state index in [0.717, 1.165) is 7.25 Å². The number of benzene rings is 2. The number of hydrogen-bond acceptors (Lipinski definition) is 0. The van der Waals surface area contributed by atoms with Gasteiger partial charge in [-0.15, -0.1) is 0 Å². The predicted octanol–water partition coefficient (Wildman–Crippen LogP) is 6.06. The van der Waals surface area contributed by atoms with Crippen LogP contribution >= 0.6 is 7.92 Å². The summed E-state index contributed by atoms with van der Waals surface area (Å²) in [5.41, 5.74) is 7.75. The van der Waals surface area contributed by atoms with Gasteiger partial charge >= 0.3 is 152 Å². The molecule has 0 aliphatic heterocycles. The van der Waals surface area contributed by atoms with Gasteiger partial charge in [-0.1, -0.05) is 0 Å². The fraction of sp³-hybridized carbons (Fsp3) is 0.238. The molecule has 0 spiro atoms. The SMILES string of the molecule is CC1=Cc2ccccc2[CH]1[Zr][CH]1C(P(C)C)=Cc2ccccc21. The molecule has 2 aliphatic carbocycles. The zero-order valence-electron chi connectivity index (χ0n) is 13.9. The monoisotopic (exact) mass is 394 g/mol. The Morgan fingerprint density at radius 3 is 2.00 bits per heavy atom. The summed E-state index contributed by atoms with van der Waals surface area (Å²) >= 11 is -0.652. The molecule has 2 unspecified atom stereocenters. The first-order valence-electron chi connectivity index (χ1n) is 8.16. The van der Waals surface area contributed by atoms with Crippen LogP contribution < -0.4 is 0 Å². The summed E-state index contributed by atoms with van der Waals surface area (Å²) in [7, 11) is -0.00487. The van der Waals surface area contributed by atoms with Gasteiger partial charge in [-0.05, 0) is 0 Å². The van der Waals surface area contributed by atoms with E-state index in [-0.39, 0.29) is 7.92 Å². The van der Waals surface area contributed by atoms with Gasteiger partial charge in [0, 0.05) is 0 Å². The Morgan fingerprint density at radius 2 is 1.35 bits per heavy atom. The van der Waals surface area contributed by atoms with E-state index in [2.05, 4.69) is 80.9 Å². The van der Waals surface area contributed by atoms with Crippen LogP contribution in [-0.2, 0) is 23.2 Å². The van der Waals surface area contributed by atoms with Crippen molar-refractivity contribution in [2.24, 2.45) is 0 Å². The van der Waals surface area contributed by atoms with E-state index in [9.17, 15) is 0 Å². The topological polar surface area (TPSA) is 0 Å². The number of rotatable bonds is 3. The first-order valence-corrected chi connectivity index (χ1v) is 13.2. The first-order chi connectivity index (χ1) is 11.1. The average Bonchev–Trinajstić information content (AvgIpc) is 3.07. The number of fused-ring (bicyclic) bond motifs is 2. The zero-order valence-corrected chi connectivity index (χ0v) is 17.2. The van der Waals surface area contributed by atoms with Crippen molar-refractivity contribution in [3.05, 3.63) is 81.7 Å². The van der Waals surface area contributed by atoms with Crippen LogP contribution in [0.5, 0.6) is 0 Å². The minimum absolute atomic E-state index is 0.00487. The molecule has 0 heterocycles. The average molecular weight is 396 g/mol. The molecule has 2 aromatic carbocycles. The Hall–Kier alpha value is -0.767. The fourth-order valence-corrected chi connectivity index (χ4v) is 11.6. The minimum atomic E-state index is -0.652. The molecule has 0 nitrogen and oxygen atoms in total. The van der Waals surface area contributed by atoms with Gasteiger partial charge in [-0.3, -0.25) is 0 Å². The molecule has 0 amide bonds. The van der Waals surface area contributed by atoms with Crippen molar-refractivity contribution in [1.29, 1.82) is 0 Å². The number of allylic oxidation sites excluding steroid dienone is 2. The maximum atomic E-state index is 2.51. The Kier molecular flexibility index (Phi) is 4.29. The van der Waals surface area contributed by atoms with E-state index in [1.165, 1.54) is 11.1 Å². The van der Waals surface area contributed by atoms with Gasteiger partial charge in [0.05, 0.1) is 0 Å². The van der Waals surface area contributed by atoms with Crippen LogP contribution in [0.1, 0.15) is 36.4 Å². The van der Waals surface area contributed by atoms with E-state index >= 15 is 0 Å². The molecule has 0 bridgehead atoms. The third kappa shape index (κ3) is 2.77. The van der Waals surface area contributed by atoms with Crippen molar-refractivity contribution in [2.75, 3.05) is 13.3 Å². The van der Waals surface area contributed by atoms with E-state index in [0.29, 0.717) is 0 Å². The number of hydrogen-bond donors (Lipinski definition) is 0. The van der Waals surface area contributed by atoms with Crippen LogP contribution in [0.15, 0.2) is 59.4 Å². The summed E-state index contributed by atoms with van der Waals surface area (Å²) in [5.74, 6) is 0. The van der Waals surface area contributed by atoms with Gasteiger partial charge in [0.15, 0.2) is 0 Å². The van der Waals surface area contributed by atoms with Crippen molar-refractivity contribution in [2.45, 2.75) is 14.2 Å². The van der Waals surface area contributed by atoms with E-state index in [4.69, 9.17) is 0 Å². The molecule has 23 heavy (non-hydrogen) atoms. The second-order valence-corrected chi connectivity index (χ2v) is 12.6. The quantitative estimate of drug-likeness (QED) is 0.554. The molecule has 0 saturated carbocycles. The van der Waals surface area contributed by atoms with Crippen molar-refractivity contribution < 1.29 is 23.2 Å². The summed E-state index contributed by atoms with van der Waals surface area (Å²) in [6.45, 7) is 7.19. The summed E-state index contributed by atoms with van der Waals surface area (Å²) in [5, 5.41) is 1.74. The molecule has 0 saturated heterocycles. The normalized spacial score (nSPS) is 21.7. The van der Waals surface area contributed by atoms with Crippen LogP contribution in [0.2, 0.25) is 0 Å². The summed E-state index contributed by atoms with van der Waals surface area (Å²) in [6, 6.07) is 18.1. The van der Waals surface area contributed by atoms with Crippen LogP contribution in [-0.4, -0.2) is 13.3 Å². The molecule has 2 heteroatoms. The third-order valence-corrected chi connectivity index (χ3v) is 12.0. The Morgan fingerprint density at radius 1 is 0.783 bits per heavy atom. The second-order valence-electron chi connectivity index (χ2n) is 6.64. The third-order valence-electron chi connectivity index (χ3n) is 4.90. The standard InChI is InChI=1S/C11H12P.C10H9.Zr/c1-12(2)11-7-9-5-3-4-6-10(9)8-11;1-8-6-9-4-2-3-5-10(9)7-8;/h3-8H,1-2H3;2-7H,1H3;. The van der Waals surface area contributed by atoms with Crippen LogP contribution in [0, 0.1) is 0 Å². The van der Waals surface area contributed by atoms with E-state index in [1.807, 2.05) is 0 Å². The van der Waals surface area contributed by atoms with Crippen molar-refractivity contribution in [3.8, 4) is 0 Å². The first kappa shape index (κ1) is 15.7.